The highest BCUT2D eigenvalue weighted by molar-refractivity contribution is 5.95. The number of fused-ring (bicyclic) bond motifs is 1. The fourth-order valence-corrected chi connectivity index (χ4v) is 3.14. The van der Waals surface area contributed by atoms with E-state index in [-0.39, 0.29) is 11.8 Å². The van der Waals surface area contributed by atoms with E-state index in [0.717, 1.165) is 24.1 Å². The van der Waals surface area contributed by atoms with E-state index >= 15 is 0 Å². The van der Waals surface area contributed by atoms with E-state index in [4.69, 9.17) is 4.74 Å². The third-order valence-electron chi connectivity index (χ3n) is 4.42. The quantitative estimate of drug-likeness (QED) is 0.929. The number of amides is 2. The van der Waals surface area contributed by atoms with Crippen LogP contribution in [-0.4, -0.2) is 31.5 Å². The second-order valence-corrected chi connectivity index (χ2v) is 6.08. The molecule has 1 N–H and O–H groups in total. The summed E-state index contributed by atoms with van der Waals surface area (Å²) in [4.78, 5) is 25.6. The molecule has 22 heavy (non-hydrogen) atoms. The Labute approximate surface area is 130 Å². The van der Waals surface area contributed by atoms with Crippen LogP contribution in [0, 0.1) is 0 Å². The zero-order valence-corrected chi connectivity index (χ0v) is 12.9. The van der Waals surface area contributed by atoms with Crippen molar-refractivity contribution in [1.29, 1.82) is 0 Å². The minimum atomic E-state index is 0.0336. The summed E-state index contributed by atoms with van der Waals surface area (Å²) < 4.78 is 5.59. The molecule has 1 fully saturated rings. The van der Waals surface area contributed by atoms with E-state index in [1.54, 1.807) is 11.9 Å². The fourth-order valence-electron chi connectivity index (χ4n) is 3.14. The first-order chi connectivity index (χ1) is 10.6. The van der Waals surface area contributed by atoms with Crippen LogP contribution in [0.25, 0.3) is 0 Å². The number of ether oxygens (including phenoxy) is 1. The summed E-state index contributed by atoms with van der Waals surface area (Å²) in [6.07, 6.45) is 5.29. The van der Waals surface area contributed by atoms with Gasteiger partial charge < -0.3 is 15.0 Å². The molecule has 5 nitrogen and oxygen atoms in total. The summed E-state index contributed by atoms with van der Waals surface area (Å²) in [6, 6.07) is 5.97. The zero-order valence-electron chi connectivity index (χ0n) is 12.9. The molecule has 1 aromatic rings. The van der Waals surface area contributed by atoms with Gasteiger partial charge in [-0.15, -0.1) is 0 Å². The number of carbonyl (C=O) groups is 2. The van der Waals surface area contributed by atoms with Crippen molar-refractivity contribution in [2.75, 3.05) is 18.6 Å². The molecule has 1 aliphatic carbocycles. The molecular formula is C17H22N2O3. The van der Waals surface area contributed by atoms with Gasteiger partial charge in [0.15, 0.2) is 0 Å². The van der Waals surface area contributed by atoms with Crippen LogP contribution in [-0.2, 0) is 16.0 Å². The first kappa shape index (κ1) is 14.9. The molecule has 1 heterocycles. The first-order valence-electron chi connectivity index (χ1n) is 7.95. The minimum absolute atomic E-state index is 0.0336. The molecule has 0 bridgehead atoms. The Bertz CT molecular complexity index is 579. The Balaban J connectivity index is 1.71. The molecule has 1 aromatic carbocycles. The van der Waals surface area contributed by atoms with Crippen LogP contribution >= 0.6 is 0 Å². The Morgan fingerprint density at radius 3 is 2.91 bits per heavy atom. The molecule has 3 rings (SSSR count). The van der Waals surface area contributed by atoms with Crippen molar-refractivity contribution in [2.45, 2.75) is 44.6 Å². The van der Waals surface area contributed by atoms with Crippen molar-refractivity contribution in [2.24, 2.45) is 0 Å². The maximum absolute atomic E-state index is 12.1. The van der Waals surface area contributed by atoms with Crippen molar-refractivity contribution in [3.05, 3.63) is 23.8 Å². The molecule has 0 atom stereocenters. The number of hydrogen-bond acceptors (Lipinski definition) is 3. The van der Waals surface area contributed by atoms with Gasteiger partial charge in [0.2, 0.25) is 11.8 Å². The second kappa shape index (κ2) is 6.38. The maximum Gasteiger partial charge on any atom is 0.230 e. The lowest BCUT2D eigenvalue weighted by Crippen LogP contribution is -2.33. The van der Waals surface area contributed by atoms with E-state index in [9.17, 15) is 9.59 Å². The van der Waals surface area contributed by atoms with Crippen LogP contribution in [0.4, 0.5) is 5.69 Å². The van der Waals surface area contributed by atoms with Crippen molar-refractivity contribution in [3.63, 3.8) is 0 Å². The van der Waals surface area contributed by atoms with Gasteiger partial charge in [-0.1, -0.05) is 18.9 Å². The Kier molecular flexibility index (Phi) is 4.32. The lowest BCUT2D eigenvalue weighted by Gasteiger charge is -2.17. The summed E-state index contributed by atoms with van der Waals surface area (Å²) in [7, 11) is 1.75. The lowest BCUT2D eigenvalue weighted by atomic mass is 10.1. The molecule has 0 radical (unpaired) electrons. The normalized spacial score (nSPS) is 18.6. The molecule has 2 aliphatic rings. The summed E-state index contributed by atoms with van der Waals surface area (Å²) >= 11 is 0. The Morgan fingerprint density at radius 2 is 2.14 bits per heavy atom. The molecule has 0 unspecified atom stereocenters. The monoisotopic (exact) mass is 302 g/mol. The number of carbonyl (C=O) groups excluding carboxylic acids is 2. The van der Waals surface area contributed by atoms with E-state index in [0.29, 0.717) is 31.2 Å². The minimum Gasteiger partial charge on any atom is -0.491 e. The largest absolute Gasteiger partial charge is 0.491 e. The topological polar surface area (TPSA) is 58.6 Å². The van der Waals surface area contributed by atoms with Crippen molar-refractivity contribution >= 4 is 17.5 Å². The van der Waals surface area contributed by atoms with Gasteiger partial charge in [-0.25, -0.2) is 0 Å². The predicted molar refractivity (Wildman–Crippen MR) is 84.1 cm³/mol. The van der Waals surface area contributed by atoms with Gasteiger partial charge in [-0.2, -0.15) is 0 Å². The zero-order chi connectivity index (χ0) is 15.5. The third-order valence-corrected chi connectivity index (χ3v) is 4.42. The molecule has 5 heteroatoms. The highest BCUT2D eigenvalue weighted by atomic mass is 16.5. The molecule has 0 spiro atoms. The van der Waals surface area contributed by atoms with Gasteiger partial charge >= 0.3 is 0 Å². The predicted octanol–water partition coefficient (Wildman–Crippen LogP) is 2.03. The summed E-state index contributed by atoms with van der Waals surface area (Å²) in [6.45, 7) is 0.400. The number of anilines is 1. The number of hydrogen-bond donors (Lipinski definition) is 1. The molecule has 1 aliphatic heterocycles. The molecule has 0 aromatic heterocycles. The SMILES string of the molecule is CN1C(=O)CCOc2ccc(CC(=O)NC3CCCC3)cc21. The number of benzene rings is 1. The molecule has 118 valence electrons. The van der Waals surface area contributed by atoms with Crippen LogP contribution in [0.5, 0.6) is 5.75 Å². The smallest absolute Gasteiger partial charge is 0.230 e. The van der Waals surface area contributed by atoms with Crippen LogP contribution in [0.2, 0.25) is 0 Å². The summed E-state index contributed by atoms with van der Waals surface area (Å²) in [5.74, 6) is 0.787. The highest BCUT2D eigenvalue weighted by Gasteiger charge is 2.21. The third kappa shape index (κ3) is 3.24. The van der Waals surface area contributed by atoms with Crippen LogP contribution in [0.15, 0.2) is 18.2 Å². The fraction of sp³-hybridized carbons (Fsp3) is 0.529. The average Bonchev–Trinajstić information content (AvgIpc) is 2.95. The van der Waals surface area contributed by atoms with Gasteiger partial charge in [-0.05, 0) is 30.5 Å². The van der Waals surface area contributed by atoms with Crippen LogP contribution in [0.1, 0.15) is 37.7 Å². The molecule has 0 saturated heterocycles. The van der Waals surface area contributed by atoms with E-state index in [1.165, 1.54) is 12.8 Å². The van der Waals surface area contributed by atoms with Crippen molar-refractivity contribution in [3.8, 4) is 5.75 Å². The summed E-state index contributed by atoms with van der Waals surface area (Å²) in [5, 5.41) is 3.09. The lowest BCUT2D eigenvalue weighted by molar-refractivity contribution is -0.121. The molecule has 2 amide bonds. The number of nitrogens with zero attached hydrogens (tertiary/aromatic N) is 1. The van der Waals surface area contributed by atoms with Gasteiger partial charge in [0.25, 0.3) is 0 Å². The van der Waals surface area contributed by atoms with E-state index < -0.39 is 0 Å². The highest BCUT2D eigenvalue weighted by Crippen LogP contribution is 2.31. The van der Waals surface area contributed by atoms with Crippen molar-refractivity contribution in [1.82, 2.24) is 5.32 Å². The first-order valence-corrected chi connectivity index (χ1v) is 7.95. The number of rotatable bonds is 3. The van der Waals surface area contributed by atoms with Crippen LogP contribution < -0.4 is 15.0 Å². The van der Waals surface area contributed by atoms with Gasteiger partial charge in [0, 0.05) is 13.1 Å². The summed E-state index contributed by atoms with van der Waals surface area (Å²) in [5.41, 5.74) is 1.65. The molecule has 1 saturated carbocycles. The van der Waals surface area contributed by atoms with Crippen LogP contribution in [0.3, 0.4) is 0 Å². The van der Waals surface area contributed by atoms with Gasteiger partial charge in [0.05, 0.1) is 25.1 Å². The number of nitrogens with one attached hydrogen (secondary N) is 1. The second-order valence-electron chi connectivity index (χ2n) is 6.08. The average molecular weight is 302 g/mol. The standard InChI is InChI=1S/C17H22N2O3/c1-19-14-10-12(6-7-15(14)22-9-8-17(19)21)11-16(20)18-13-4-2-3-5-13/h6-7,10,13H,2-5,8-9,11H2,1H3,(H,18,20). The van der Waals surface area contributed by atoms with Gasteiger partial charge in [-0.3, -0.25) is 9.59 Å². The Hall–Kier alpha value is -2.04. The van der Waals surface area contributed by atoms with E-state index in [1.807, 2.05) is 18.2 Å². The van der Waals surface area contributed by atoms with Crippen molar-refractivity contribution < 1.29 is 14.3 Å². The maximum atomic E-state index is 12.1. The Morgan fingerprint density at radius 1 is 1.36 bits per heavy atom. The van der Waals surface area contributed by atoms with E-state index in [2.05, 4.69) is 5.32 Å². The molecular weight excluding hydrogens is 280 g/mol. The van der Waals surface area contributed by atoms with Gasteiger partial charge in [0.1, 0.15) is 5.75 Å².